The summed E-state index contributed by atoms with van der Waals surface area (Å²) in [5, 5.41) is 15.6. The van der Waals surface area contributed by atoms with Gasteiger partial charge in [0, 0.05) is 18.0 Å². The Kier molecular flexibility index (Phi) is 9.54. The standard InChI is InChI=1S/C32H45N3O5/c1-20-16-21(2)18-23(17-20)27(28(37)34-31(3,4)5)35(24-10-9-11-24)29(38)26(33-30(39)40-32(6,7)8)19-22-12-14-25(36)15-13-22/h12-18,24,26-27,36H,9-11,19H2,1-8H3,(H,33,39)(H,34,37). The molecule has 218 valence electrons. The number of phenolic OH excluding ortho intramolecular Hbond substituents is 1. The number of nitrogens with zero attached hydrogens (tertiary/aromatic N) is 1. The van der Waals surface area contributed by atoms with Crippen LogP contribution in [0.15, 0.2) is 42.5 Å². The summed E-state index contributed by atoms with van der Waals surface area (Å²) in [5.41, 5.74) is 2.22. The van der Waals surface area contributed by atoms with Gasteiger partial charge in [0.1, 0.15) is 23.4 Å². The molecule has 1 fully saturated rings. The number of nitrogens with one attached hydrogen (secondary N) is 2. The summed E-state index contributed by atoms with van der Waals surface area (Å²) in [6.07, 6.45) is 1.96. The maximum Gasteiger partial charge on any atom is 0.408 e. The summed E-state index contributed by atoms with van der Waals surface area (Å²) < 4.78 is 5.51. The van der Waals surface area contributed by atoms with Gasteiger partial charge in [0.2, 0.25) is 11.8 Å². The fraction of sp³-hybridized carbons (Fsp3) is 0.531. The minimum Gasteiger partial charge on any atom is -0.508 e. The van der Waals surface area contributed by atoms with Crippen molar-refractivity contribution in [1.29, 1.82) is 0 Å². The van der Waals surface area contributed by atoms with Gasteiger partial charge in [-0.05, 0) is 97.9 Å². The van der Waals surface area contributed by atoms with Crippen LogP contribution in [0.3, 0.4) is 0 Å². The zero-order valence-corrected chi connectivity index (χ0v) is 25.1. The number of rotatable bonds is 8. The van der Waals surface area contributed by atoms with Crippen molar-refractivity contribution >= 4 is 17.9 Å². The normalized spacial score (nSPS) is 15.4. The second kappa shape index (κ2) is 12.3. The van der Waals surface area contributed by atoms with E-state index in [0.29, 0.717) is 0 Å². The van der Waals surface area contributed by atoms with Crippen LogP contribution in [-0.2, 0) is 20.7 Å². The lowest BCUT2D eigenvalue weighted by molar-refractivity contribution is -0.148. The molecule has 8 nitrogen and oxygen atoms in total. The van der Waals surface area contributed by atoms with E-state index in [0.717, 1.165) is 41.5 Å². The van der Waals surface area contributed by atoms with Crippen molar-refractivity contribution < 1.29 is 24.2 Å². The molecule has 2 atom stereocenters. The molecular weight excluding hydrogens is 506 g/mol. The highest BCUT2D eigenvalue weighted by Gasteiger charge is 2.42. The van der Waals surface area contributed by atoms with Crippen molar-refractivity contribution in [3.63, 3.8) is 0 Å². The maximum absolute atomic E-state index is 14.5. The molecular formula is C32H45N3O5. The lowest BCUT2D eigenvalue weighted by atomic mass is 9.87. The largest absolute Gasteiger partial charge is 0.508 e. The number of hydrogen-bond acceptors (Lipinski definition) is 5. The average molecular weight is 552 g/mol. The van der Waals surface area contributed by atoms with Gasteiger partial charge in [0.15, 0.2) is 0 Å². The molecule has 0 radical (unpaired) electrons. The molecule has 1 aliphatic rings. The molecule has 2 unspecified atom stereocenters. The van der Waals surface area contributed by atoms with Gasteiger partial charge in [-0.3, -0.25) is 9.59 Å². The number of phenols is 1. The van der Waals surface area contributed by atoms with Crippen molar-refractivity contribution in [3.8, 4) is 5.75 Å². The highest BCUT2D eigenvalue weighted by Crippen LogP contribution is 2.35. The van der Waals surface area contributed by atoms with Gasteiger partial charge in [0.25, 0.3) is 0 Å². The van der Waals surface area contributed by atoms with Crippen molar-refractivity contribution in [1.82, 2.24) is 15.5 Å². The molecule has 2 aromatic carbocycles. The Bertz CT molecular complexity index is 1190. The zero-order valence-electron chi connectivity index (χ0n) is 25.1. The number of aryl methyl sites for hydroxylation is 2. The van der Waals surface area contributed by atoms with Crippen LogP contribution in [0.5, 0.6) is 5.75 Å². The molecule has 2 aromatic rings. The number of alkyl carbamates (subject to hydrolysis) is 1. The third-order valence-electron chi connectivity index (χ3n) is 6.67. The minimum atomic E-state index is -0.990. The highest BCUT2D eigenvalue weighted by molar-refractivity contribution is 5.93. The Labute approximate surface area is 238 Å². The summed E-state index contributed by atoms with van der Waals surface area (Å²) in [6.45, 7) is 15.0. The fourth-order valence-electron chi connectivity index (χ4n) is 4.92. The van der Waals surface area contributed by atoms with Crippen LogP contribution in [0, 0.1) is 13.8 Å². The molecule has 0 heterocycles. The third kappa shape index (κ3) is 8.73. The van der Waals surface area contributed by atoms with Crippen LogP contribution in [-0.4, -0.2) is 51.1 Å². The maximum atomic E-state index is 14.5. The molecule has 0 saturated heterocycles. The van der Waals surface area contributed by atoms with Crippen LogP contribution in [0.2, 0.25) is 0 Å². The molecule has 0 spiro atoms. The Morgan fingerprint density at radius 3 is 2.02 bits per heavy atom. The van der Waals surface area contributed by atoms with Crippen LogP contribution < -0.4 is 10.6 Å². The van der Waals surface area contributed by atoms with Gasteiger partial charge in [-0.1, -0.05) is 41.5 Å². The quantitative estimate of drug-likeness (QED) is 0.403. The second-order valence-electron chi connectivity index (χ2n) is 13.0. The number of ether oxygens (including phenoxy) is 1. The zero-order chi connectivity index (χ0) is 29.8. The number of carbonyl (C=O) groups excluding carboxylic acids is 3. The minimum absolute atomic E-state index is 0.108. The molecule has 3 rings (SSSR count). The van der Waals surface area contributed by atoms with E-state index in [4.69, 9.17) is 4.74 Å². The van der Waals surface area contributed by atoms with Crippen molar-refractivity contribution in [2.24, 2.45) is 0 Å². The molecule has 1 saturated carbocycles. The molecule has 40 heavy (non-hydrogen) atoms. The Balaban J connectivity index is 2.09. The second-order valence-corrected chi connectivity index (χ2v) is 13.0. The predicted molar refractivity (Wildman–Crippen MR) is 156 cm³/mol. The van der Waals surface area contributed by atoms with Gasteiger partial charge in [0.05, 0.1) is 0 Å². The van der Waals surface area contributed by atoms with Crippen LogP contribution >= 0.6 is 0 Å². The average Bonchev–Trinajstić information content (AvgIpc) is 2.75. The first-order valence-corrected chi connectivity index (χ1v) is 14.0. The molecule has 1 aliphatic carbocycles. The Hall–Kier alpha value is -3.55. The van der Waals surface area contributed by atoms with Gasteiger partial charge < -0.3 is 25.4 Å². The van der Waals surface area contributed by atoms with Gasteiger partial charge in [-0.25, -0.2) is 4.79 Å². The number of amides is 3. The summed E-state index contributed by atoms with van der Waals surface area (Å²) in [6, 6.07) is 10.5. The lowest BCUT2D eigenvalue weighted by Gasteiger charge is -2.44. The molecule has 0 bridgehead atoms. The van der Waals surface area contributed by atoms with Crippen LogP contribution in [0.1, 0.15) is 89.1 Å². The van der Waals surface area contributed by atoms with Gasteiger partial charge >= 0.3 is 6.09 Å². The van der Waals surface area contributed by atoms with E-state index in [9.17, 15) is 19.5 Å². The number of aromatic hydroxyl groups is 1. The number of carbonyl (C=O) groups is 3. The predicted octanol–water partition coefficient (Wildman–Crippen LogP) is 5.48. The third-order valence-corrected chi connectivity index (χ3v) is 6.67. The molecule has 0 aromatic heterocycles. The van der Waals surface area contributed by atoms with Crippen molar-refractivity contribution in [2.75, 3.05) is 0 Å². The van der Waals surface area contributed by atoms with E-state index in [1.54, 1.807) is 49.9 Å². The monoisotopic (exact) mass is 551 g/mol. The Morgan fingerprint density at radius 1 is 0.975 bits per heavy atom. The number of benzene rings is 2. The highest BCUT2D eigenvalue weighted by atomic mass is 16.6. The first-order valence-electron chi connectivity index (χ1n) is 14.0. The lowest BCUT2D eigenvalue weighted by Crippen LogP contribution is -2.59. The molecule has 3 amide bonds. The smallest absolute Gasteiger partial charge is 0.408 e. The van der Waals surface area contributed by atoms with Crippen LogP contribution in [0.4, 0.5) is 4.79 Å². The first-order chi connectivity index (χ1) is 18.5. The van der Waals surface area contributed by atoms with E-state index < -0.39 is 29.3 Å². The molecule has 8 heteroatoms. The van der Waals surface area contributed by atoms with E-state index in [2.05, 4.69) is 10.6 Å². The summed E-state index contributed by atoms with van der Waals surface area (Å²) in [4.78, 5) is 43.1. The SMILES string of the molecule is Cc1cc(C)cc(C(C(=O)NC(C)(C)C)N(C(=O)C(Cc2ccc(O)cc2)NC(=O)OC(C)(C)C)C2CCC2)c1. The molecule has 3 N–H and O–H groups in total. The topological polar surface area (TPSA) is 108 Å². The van der Waals surface area contributed by atoms with Crippen molar-refractivity contribution in [2.45, 2.75) is 110 Å². The summed E-state index contributed by atoms with van der Waals surface area (Å²) in [5.74, 6) is -0.508. The van der Waals surface area contributed by atoms with E-state index >= 15 is 0 Å². The van der Waals surface area contributed by atoms with E-state index in [1.165, 1.54) is 0 Å². The van der Waals surface area contributed by atoms with Gasteiger partial charge in [-0.15, -0.1) is 0 Å². The van der Waals surface area contributed by atoms with Crippen molar-refractivity contribution in [3.05, 3.63) is 64.7 Å². The summed E-state index contributed by atoms with van der Waals surface area (Å²) in [7, 11) is 0. The first kappa shape index (κ1) is 31.0. The fourth-order valence-corrected chi connectivity index (χ4v) is 4.92. The van der Waals surface area contributed by atoms with E-state index in [1.807, 2.05) is 52.8 Å². The van der Waals surface area contributed by atoms with E-state index in [-0.39, 0.29) is 30.0 Å². The molecule has 0 aliphatic heterocycles. The Morgan fingerprint density at radius 2 is 1.55 bits per heavy atom. The number of hydrogen-bond donors (Lipinski definition) is 3. The van der Waals surface area contributed by atoms with Gasteiger partial charge in [-0.2, -0.15) is 0 Å². The van der Waals surface area contributed by atoms with Crippen LogP contribution in [0.25, 0.3) is 0 Å². The summed E-state index contributed by atoms with van der Waals surface area (Å²) >= 11 is 0.